The first-order chi connectivity index (χ1) is 13.1. The number of pyridine rings is 2. The lowest BCUT2D eigenvalue weighted by Gasteiger charge is -2.14. The van der Waals surface area contributed by atoms with Gasteiger partial charge in [0.25, 0.3) is 5.56 Å². The molecule has 0 unspecified atom stereocenters. The van der Waals surface area contributed by atoms with Gasteiger partial charge in [-0.2, -0.15) is 0 Å². The molecule has 27 heavy (non-hydrogen) atoms. The highest BCUT2D eigenvalue weighted by atomic mass is 35.5. The van der Waals surface area contributed by atoms with Gasteiger partial charge in [0.05, 0.1) is 24.0 Å². The largest absolute Gasteiger partial charge is 0.386 e. The fourth-order valence-corrected chi connectivity index (χ4v) is 2.63. The van der Waals surface area contributed by atoms with E-state index in [1.54, 1.807) is 18.5 Å². The molecule has 1 aliphatic rings. The smallest absolute Gasteiger partial charge is 0.267 e. The van der Waals surface area contributed by atoms with E-state index in [0.717, 1.165) is 6.20 Å². The first kappa shape index (κ1) is 17.1. The van der Waals surface area contributed by atoms with Crippen LogP contribution in [0.1, 0.15) is 11.1 Å². The minimum Gasteiger partial charge on any atom is -0.386 e. The zero-order valence-corrected chi connectivity index (χ0v) is 14.5. The van der Waals surface area contributed by atoms with Crippen LogP contribution in [0, 0.1) is 5.82 Å². The third-order valence-corrected chi connectivity index (χ3v) is 3.89. The van der Waals surface area contributed by atoms with Crippen LogP contribution in [0.2, 0.25) is 5.02 Å². The van der Waals surface area contributed by atoms with Gasteiger partial charge in [-0.3, -0.25) is 14.8 Å². The van der Waals surface area contributed by atoms with E-state index < -0.39 is 5.82 Å². The first-order valence-electron chi connectivity index (χ1n) is 7.80. The van der Waals surface area contributed by atoms with Gasteiger partial charge in [0.15, 0.2) is 11.6 Å². The standard InChI is InChI=1S/C17H12ClFN6O2/c18-13-4-12(6-21-7-13)15-10-24(23-27-15)16-1-2-17(26)25(22-16)9-11-3-14(19)8-20-5-11/h1-8,10,23H,9H2. The van der Waals surface area contributed by atoms with Crippen LogP contribution in [0.3, 0.4) is 0 Å². The minimum absolute atomic E-state index is 0.0842. The first-order valence-corrected chi connectivity index (χ1v) is 8.18. The van der Waals surface area contributed by atoms with Gasteiger partial charge < -0.3 is 4.84 Å². The van der Waals surface area contributed by atoms with Gasteiger partial charge in [0.2, 0.25) is 0 Å². The third kappa shape index (κ3) is 3.78. The van der Waals surface area contributed by atoms with Crippen LogP contribution in [0.5, 0.6) is 0 Å². The number of nitrogens with zero attached hydrogens (tertiary/aromatic N) is 5. The molecule has 0 fully saturated rings. The highest BCUT2D eigenvalue weighted by Crippen LogP contribution is 2.23. The second-order valence-corrected chi connectivity index (χ2v) is 6.08. The van der Waals surface area contributed by atoms with Crippen molar-refractivity contribution in [3.8, 4) is 0 Å². The average molecular weight is 387 g/mol. The summed E-state index contributed by atoms with van der Waals surface area (Å²) in [7, 11) is 0. The molecule has 0 saturated heterocycles. The maximum atomic E-state index is 13.3. The van der Waals surface area contributed by atoms with E-state index in [2.05, 4.69) is 20.7 Å². The summed E-state index contributed by atoms with van der Waals surface area (Å²) in [6.45, 7) is 0.0842. The van der Waals surface area contributed by atoms with Crippen LogP contribution in [0.15, 0.2) is 60.0 Å². The Kier molecular flexibility index (Phi) is 4.53. The number of hydrogen-bond donors (Lipinski definition) is 1. The highest BCUT2D eigenvalue weighted by molar-refractivity contribution is 6.30. The van der Waals surface area contributed by atoms with E-state index in [0.29, 0.717) is 27.7 Å². The van der Waals surface area contributed by atoms with Crippen LogP contribution in [-0.2, 0) is 11.4 Å². The molecule has 3 aromatic heterocycles. The molecule has 0 spiro atoms. The normalized spacial score (nSPS) is 13.4. The lowest BCUT2D eigenvalue weighted by Crippen LogP contribution is -2.31. The fourth-order valence-electron chi connectivity index (χ4n) is 2.46. The van der Waals surface area contributed by atoms with Gasteiger partial charge in [-0.25, -0.2) is 14.1 Å². The van der Waals surface area contributed by atoms with E-state index in [9.17, 15) is 9.18 Å². The number of hydrazine groups is 1. The molecule has 8 nitrogen and oxygen atoms in total. The molecule has 0 atom stereocenters. The Morgan fingerprint density at radius 3 is 2.81 bits per heavy atom. The van der Waals surface area contributed by atoms with Crippen molar-refractivity contribution in [1.29, 1.82) is 0 Å². The molecular weight excluding hydrogens is 375 g/mol. The van der Waals surface area contributed by atoms with E-state index >= 15 is 0 Å². The maximum Gasteiger partial charge on any atom is 0.267 e. The summed E-state index contributed by atoms with van der Waals surface area (Å²) >= 11 is 5.94. The van der Waals surface area contributed by atoms with Gasteiger partial charge in [-0.05, 0) is 23.8 Å². The molecule has 0 amide bonds. The van der Waals surface area contributed by atoms with Crippen molar-refractivity contribution >= 4 is 23.2 Å². The molecule has 136 valence electrons. The van der Waals surface area contributed by atoms with Crippen molar-refractivity contribution in [2.45, 2.75) is 6.54 Å². The topological polar surface area (TPSA) is 85.2 Å². The highest BCUT2D eigenvalue weighted by Gasteiger charge is 2.19. The zero-order valence-electron chi connectivity index (χ0n) is 13.7. The Morgan fingerprint density at radius 2 is 2.00 bits per heavy atom. The fraction of sp³-hybridized carbons (Fsp3) is 0.0588. The molecule has 4 rings (SSSR count). The lowest BCUT2D eigenvalue weighted by atomic mass is 10.2. The molecule has 0 aromatic carbocycles. The summed E-state index contributed by atoms with van der Waals surface area (Å²) in [6, 6.07) is 5.91. The maximum absolute atomic E-state index is 13.3. The summed E-state index contributed by atoms with van der Waals surface area (Å²) in [4.78, 5) is 25.3. The molecule has 0 bridgehead atoms. The van der Waals surface area contributed by atoms with Gasteiger partial charge in [-0.1, -0.05) is 17.2 Å². The minimum atomic E-state index is -0.478. The van der Waals surface area contributed by atoms with E-state index in [1.807, 2.05) is 0 Å². The van der Waals surface area contributed by atoms with Crippen molar-refractivity contribution in [3.05, 3.63) is 87.6 Å². The number of halogens is 2. The second kappa shape index (κ2) is 7.14. The van der Waals surface area contributed by atoms with Gasteiger partial charge in [-0.15, -0.1) is 5.10 Å². The molecule has 0 saturated carbocycles. The van der Waals surface area contributed by atoms with E-state index in [1.165, 1.54) is 40.3 Å². The molecule has 1 N–H and O–H groups in total. The van der Waals surface area contributed by atoms with Crippen LogP contribution in [0.4, 0.5) is 10.2 Å². The summed E-state index contributed by atoms with van der Waals surface area (Å²) in [5.74, 6) is 0.414. The van der Waals surface area contributed by atoms with Crippen LogP contribution in [0.25, 0.3) is 5.76 Å². The molecule has 0 radical (unpaired) electrons. The summed E-state index contributed by atoms with van der Waals surface area (Å²) in [5.41, 5.74) is 3.55. The van der Waals surface area contributed by atoms with Crippen LogP contribution in [-0.4, -0.2) is 19.7 Å². The average Bonchev–Trinajstić information content (AvgIpc) is 3.14. The van der Waals surface area contributed by atoms with Crippen molar-refractivity contribution in [2.24, 2.45) is 0 Å². The van der Waals surface area contributed by atoms with Crippen LogP contribution >= 0.6 is 11.6 Å². The lowest BCUT2D eigenvalue weighted by molar-refractivity contribution is 0.179. The van der Waals surface area contributed by atoms with Crippen LogP contribution < -0.4 is 16.2 Å². The monoisotopic (exact) mass is 386 g/mol. The van der Waals surface area contributed by atoms with Gasteiger partial charge in [0, 0.05) is 30.2 Å². The Morgan fingerprint density at radius 1 is 1.15 bits per heavy atom. The molecule has 1 aliphatic heterocycles. The van der Waals surface area contributed by atoms with Crippen molar-refractivity contribution in [2.75, 3.05) is 5.01 Å². The third-order valence-electron chi connectivity index (χ3n) is 3.68. The summed E-state index contributed by atoms with van der Waals surface area (Å²) < 4.78 is 14.5. The molecule has 0 aliphatic carbocycles. The molecule has 10 heteroatoms. The van der Waals surface area contributed by atoms with Gasteiger partial charge >= 0.3 is 0 Å². The molecule has 3 aromatic rings. The number of nitrogens with one attached hydrogen (secondary N) is 1. The van der Waals surface area contributed by atoms with E-state index in [4.69, 9.17) is 16.4 Å². The molecular formula is C17H12ClFN6O2. The quantitative estimate of drug-likeness (QED) is 0.735. The SMILES string of the molecule is O=c1ccc(N2C=C(c3cncc(Cl)c3)ON2)nn1Cc1cncc(F)c1. The number of aromatic nitrogens is 4. The van der Waals surface area contributed by atoms with Gasteiger partial charge in [0.1, 0.15) is 5.82 Å². The predicted octanol–water partition coefficient (Wildman–Crippen LogP) is 2.13. The second-order valence-electron chi connectivity index (χ2n) is 5.65. The Bertz CT molecular complexity index is 1090. The van der Waals surface area contributed by atoms with E-state index in [-0.39, 0.29) is 12.1 Å². The Balaban J connectivity index is 1.60. The number of hydrogen-bond acceptors (Lipinski definition) is 7. The zero-order chi connectivity index (χ0) is 18.8. The predicted molar refractivity (Wildman–Crippen MR) is 95.7 cm³/mol. The Labute approximate surface area is 157 Å². The van der Waals surface area contributed by atoms with Crippen molar-refractivity contribution in [1.82, 2.24) is 25.3 Å². The Hall–Kier alpha value is -3.30. The summed E-state index contributed by atoms with van der Waals surface area (Å²) in [5, 5.41) is 6.25. The molecule has 4 heterocycles. The van der Waals surface area contributed by atoms with Crippen molar-refractivity contribution < 1.29 is 9.23 Å². The number of rotatable bonds is 4. The number of anilines is 1. The summed E-state index contributed by atoms with van der Waals surface area (Å²) in [6.07, 6.45) is 7.34. The van der Waals surface area contributed by atoms with Crippen molar-refractivity contribution in [3.63, 3.8) is 0 Å².